The molecule has 0 saturated carbocycles. The van der Waals surface area contributed by atoms with Gasteiger partial charge in [0.15, 0.2) is 0 Å². The number of ketones is 1. The van der Waals surface area contributed by atoms with Gasteiger partial charge in [0.1, 0.15) is 17.3 Å². The molecule has 0 aromatic heterocycles. The molecule has 1 aliphatic rings. The Morgan fingerprint density at radius 2 is 1.79 bits per heavy atom. The molecule has 1 unspecified atom stereocenters. The smallest absolute Gasteiger partial charge is 0.295 e. The third kappa shape index (κ3) is 5.09. The summed E-state index contributed by atoms with van der Waals surface area (Å²) in [5, 5.41) is 11.4. The predicted molar refractivity (Wildman–Crippen MR) is 130 cm³/mol. The Morgan fingerprint density at radius 1 is 1.06 bits per heavy atom. The summed E-state index contributed by atoms with van der Waals surface area (Å²) < 4.78 is 16.4. The second kappa shape index (κ2) is 10.7. The molecule has 1 atom stereocenters. The normalized spacial score (nSPS) is 17.5. The Bertz CT molecular complexity index is 1100. The Balaban J connectivity index is 2.12. The number of benzene rings is 2. The molecule has 7 nitrogen and oxygen atoms in total. The number of rotatable bonds is 9. The third-order valence-corrected chi connectivity index (χ3v) is 5.94. The Morgan fingerprint density at radius 3 is 2.44 bits per heavy atom. The first-order valence-electron chi connectivity index (χ1n) is 11.4. The molecule has 3 rings (SSSR count). The van der Waals surface area contributed by atoms with Crippen LogP contribution < -0.4 is 9.47 Å². The number of carbonyl (C=O) groups is 2. The molecular weight excluding hydrogens is 434 g/mol. The zero-order valence-electron chi connectivity index (χ0n) is 20.7. The largest absolute Gasteiger partial charge is 0.507 e. The van der Waals surface area contributed by atoms with Crippen molar-refractivity contribution in [1.29, 1.82) is 0 Å². The highest BCUT2D eigenvalue weighted by molar-refractivity contribution is 6.46. The maximum Gasteiger partial charge on any atom is 0.295 e. The van der Waals surface area contributed by atoms with Crippen LogP contribution in [0.2, 0.25) is 0 Å². The summed E-state index contributed by atoms with van der Waals surface area (Å²) in [7, 11) is 3.14. The fourth-order valence-electron chi connectivity index (χ4n) is 4.23. The number of amides is 1. The van der Waals surface area contributed by atoms with Crippen LogP contribution in [0.4, 0.5) is 0 Å². The van der Waals surface area contributed by atoms with Crippen molar-refractivity contribution in [2.75, 3.05) is 27.4 Å². The minimum atomic E-state index is -0.740. The van der Waals surface area contributed by atoms with E-state index in [4.69, 9.17) is 14.2 Å². The second-order valence-electron chi connectivity index (χ2n) is 8.68. The predicted octanol–water partition coefficient (Wildman–Crippen LogP) is 4.56. The van der Waals surface area contributed by atoms with E-state index in [-0.39, 0.29) is 17.4 Å². The molecule has 0 spiro atoms. The number of ether oxygens (including phenoxy) is 3. The van der Waals surface area contributed by atoms with Crippen molar-refractivity contribution in [1.82, 2.24) is 4.90 Å². The average Bonchev–Trinajstić information content (AvgIpc) is 3.07. The number of likely N-dealkylation sites (tertiary alicyclic amines) is 1. The van der Waals surface area contributed by atoms with Crippen LogP contribution in [0.5, 0.6) is 11.5 Å². The molecule has 2 aromatic rings. The summed E-state index contributed by atoms with van der Waals surface area (Å²) in [6, 6.07) is 10.1. The van der Waals surface area contributed by atoms with Gasteiger partial charge < -0.3 is 24.2 Å². The van der Waals surface area contributed by atoms with E-state index in [1.807, 2.05) is 39.8 Å². The van der Waals surface area contributed by atoms with Crippen molar-refractivity contribution < 1.29 is 28.9 Å². The summed E-state index contributed by atoms with van der Waals surface area (Å²) in [5.74, 6) is -0.258. The van der Waals surface area contributed by atoms with E-state index >= 15 is 0 Å². The highest BCUT2D eigenvalue weighted by atomic mass is 16.5. The van der Waals surface area contributed by atoms with E-state index < -0.39 is 17.7 Å². The molecule has 1 amide bonds. The lowest BCUT2D eigenvalue weighted by Gasteiger charge is -2.26. The molecule has 1 saturated heterocycles. The van der Waals surface area contributed by atoms with Gasteiger partial charge in [0.05, 0.1) is 31.9 Å². The van der Waals surface area contributed by atoms with E-state index in [2.05, 4.69) is 0 Å². The van der Waals surface area contributed by atoms with E-state index in [1.165, 1.54) is 4.90 Å². The molecule has 1 fully saturated rings. The monoisotopic (exact) mass is 467 g/mol. The molecule has 182 valence electrons. The zero-order valence-corrected chi connectivity index (χ0v) is 20.7. The van der Waals surface area contributed by atoms with E-state index in [0.29, 0.717) is 42.2 Å². The van der Waals surface area contributed by atoms with Gasteiger partial charge in [0, 0.05) is 18.7 Å². The van der Waals surface area contributed by atoms with Crippen LogP contribution in [0.3, 0.4) is 0 Å². The number of hydrogen-bond donors (Lipinski definition) is 1. The van der Waals surface area contributed by atoms with Crippen LogP contribution in [0.1, 0.15) is 48.6 Å². The van der Waals surface area contributed by atoms with Crippen molar-refractivity contribution in [3.8, 4) is 11.5 Å². The number of aliphatic hydroxyl groups is 1. The van der Waals surface area contributed by atoms with Crippen molar-refractivity contribution in [2.24, 2.45) is 0 Å². The molecule has 1 heterocycles. The summed E-state index contributed by atoms with van der Waals surface area (Å²) in [5.41, 5.74) is 2.80. The zero-order chi connectivity index (χ0) is 25.0. The standard InChI is InChI=1S/C27H33NO6/c1-16(2)34-12-8-11-28-24(19-9-7-10-20(15-19)32-5)23(26(30)27(28)31)25(29)21-13-18(4)22(33-6)14-17(21)3/h7,9-10,13-16,24,29H,8,11-12H2,1-6H3/b25-23+. The SMILES string of the molecule is COc1cccc(C2/C(=C(\O)c3cc(C)c(OC)cc3C)C(=O)C(=O)N2CCCOC(C)C)c1. The lowest BCUT2D eigenvalue weighted by Crippen LogP contribution is -2.31. The van der Waals surface area contributed by atoms with Crippen molar-refractivity contribution in [3.63, 3.8) is 0 Å². The van der Waals surface area contributed by atoms with Gasteiger partial charge in [-0.15, -0.1) is 0 Å². The minimum Gasteiger partial charge on any atom is -0.507 e. The lowest BCUT2D eigenvalue weighted by atomic mass is 9.93. The lowest BCUT2D eigenvalue weighted by molar-refractivity contribution is -0.140. The minimum absolute atomic E-state index is 0.0655. The Hall–Kier alpha value is -3.32. The molecular formula is C27H33NO6. The van der Waals surface area contributed by atoms with E-state index in [1.54, 1.807) is 38.5 Å². The molecule has 7 heteroatoms. The van der Waals surface area contributed by atoms with Gasteiger partial charge in [-0.1, -0.05) is 12.1 Å². The van der Waals surface area contributed by atoms with Crippen molar-refractivity contribution in [3.05, 3.63) is 64.2 Å². The molecule has 2 aromatic carbocycles. The average molecular weight is 468 g/mol. The van der Waals surface area contributed by atoms with Crippen LogP contribution in [0.25, 0.3) is 5.76 Å². The Kier molecular flexibility index (Phi) is 7.99. The number of methoxy groups -OCH3 is 2. The highest BCUT2D eigenvalue weighted by Gasteiger charge is 2.46. The van der Waals surface area contributed by atoms with Gasteiger partial charge >= 0.3 is 0 Å². The van der Waals surface area contributed by atoms with E-state index in [0.717, 1.165) is 11.1 Å². The topological polar surface area (TPSA) is 85.3 Å². The van der Waals surface area contributed by atoms with Crippen LogP contribution in [-0.4, -0.2) is 55.2 Å². The fourth-order valence-corrected chi connectivity index (χ4v) is 4.23. The third-order valence-electron chi connectivity index (χ3n) is 5.94. The molecule has 0 bridgehead atoms. The molecule has 0 radical (unpaired) electrons. The first-order valence-corrected chi connectivity index (χ1v) is 11.4. The summed E-state index contributed by atoms with van der Waals surface area (Å²) in [4.78, 5) is 27.9. The summed E-state index contributed by atoms with van der Waals surface area (Å²) in [6.07, 6.45) is 0.637. The first-order chi connectivity index (χ1) is 16.2. The van der Waals surface area contributed by atoms with Crippen molar-refractivity contribution in [2.45, 2.75) is 46.3 Å². The number of aryl methyl sites for hydroxylation is 2. The van der Waals surface area contributed by atoms with Gasteiger partial charge in [-0.3, -0.25) is 9.59 Å². The number of Topliss-reactive ketones (excluding diaryl/α,β-unsaturated/α-hetero) is 1. The maximum absolute atomic E-state index is 13.2. The van der Waals surface area contributed by atoms with Crippen LogP contribution >= 0.6 is 0 Å². The van der Waals surface area contributed by atoms with Crippen LogP contribution in [-0.2, 0) is 14.3 Å². The molecule has 1 N–H and O–H groups in total. The van der Waals surface area contributed by atoms with Gasteiger partial charge in [-0.05, 0) is 75.1 Å². The number of nitrogens with zero attached hydrogens (tertiary/aromatic N) is 1. The maximum atomic E-state index is 13.2. The van der Waals surface area contributed by atoms with Crippen molar-refractivity contribution >= 4 is 17.4 Å². The van der Waals surface area contributed by atoms with Gasteiger partial charge in [0.25, 0.3) is 11.7 Å². The van der Waals surface area contributed by atoms with Gasteiger partial charge in [-0.25, -0.2) is 0 Å². The quantitative estimate of drug-likeness (QED) is 0.252. The molecule has 1 aliphatic heterocycles. The highest BCUT2D eigenvalue weighted by Crippen LogP contribution is 2.41. The van der Waals surface area contributed by atoms with E-state index in [9.17, 15) is 14.7 Å². The number of carbonyl (C=O) groups excluding carboxylic acids is 2. The van der Waals surface area contributed by atoms with Crippen LogP contribution in [0.15, 0.2) is 42.0 Å². The first kappa shape index (κ1) is 25.3. The van der Waals surface area contributed by atoms with Crippen LogP contribution in [0, 0.1) is 13.8 Å². The number of aliphatic hydroxyl groups excluding tert-OH is 1. The van der Waals surface area contributed by atoms with Gasteiger partial charge in [-0.2, -0.15) is 0 Å². The second-order valence-corrected chi connectivity index (χ2v) is 8.68. The summed E-state index contributed by atoms with van der Waals surface area (Å²) >= 11 is 0. The molecule has 0 aliphatic carbocycles. The fraction of sp³-hybridized carbons (Fsp3) is 0.407. The molecule has 34 heavy (non-hydrogen) atoms. The summed E-state index contributed by atoms with van der Waals surface area (Å²) in [6.45, 7) is 8.36. The Labute approximate surface area is 200 Å². The van der Waals surface area contributed by atoms with Gasteiger partial charge in [0.2, 0.25) is 0 Å². The number of hydrogen-bond acceptors (Lipinski definition) is 6.